The first kappa shape index (κ1) is 17.0. The van der Waals surface area contributed by atoms with E-state index >= 15 is 0 Å². The van der Waals surface area contributed by atoms with Crippen molar-refractivity contribution < 1.29 is 22.3 Å². The Bertz CT molecular complexity index is 872. The van der Waals surface area contributed by atoms with E-state index in [9.17, 15) is 12.8 Å². The molecule has 128 valence electrons. The van der Waals surface area contributed by atoms with Crippen LogP contribution >= 0.6 is 11.6 Å². The van der Waals surface area contributed by atoms with Gasteiger partial charge in [0, 0.05) is 18.6 Å². The molecule has 2 aromatic carbocycles. The number of halogens is 2. The van der Waals surface area contributed by atoms with E-state index in [1.165, 1.54) is 13.1 Å². The second kappa shape index (κ2) is 6.58. The molecule has 0 amide bonds. The highest BCUT2D eigenvalue weighted by Crippen LogP contribution is 2.31. The second-order valence-electron chi connectivity index (χ2n) is 5.31. The summed E-state index contributed by atoms with van der Waals surface area (Å²) in [5.74, 6) is 0.318. The third-order valence-corrected chi connectivity index (χ3v) is 5.67. The lowest BCUT2D eigenvalue weighted by Gasteiger charge is -2.21. The van der Waals surface area contributed by atoms with Crippen molar-refractivity contribution in [1.29, 1.82) is 0 Å². The molecule has 1 heterocycles. The summed E-state index contributed by atoms with van der Waals surface area (Å²) in [5.41, 5.74) is 0.708. The van der Waals surface area contributed by atoms with Gasteiger partial charge in [0.05, 0.1) is 0 Å². The summed E-state index contributed by atoms with van der Waals surface area (Å²) in [5, 5.41) is 0.140. The first-order valence-electron chi connectivity index (χ1n) is 7.18. The number of benzene rings is 2. The molecule has 2 aromatic rings. The minimum absolute atomic E-state index is 0.0705. The maximum atomic E-state index is 13.9. The first-order valence-corrected chi connectivity index (χ1v) is 8.99. The van der Waals surface area contributed by atoms with Crippen LogP contribution in [0, 0.1) is 5.82 Å². The quantitative estimate of drug-likeness (QED) is 0.828. The van der Waals surface area contributed by atoms with Crippen molar-refractivity contribution in [2.24, 2.45) is 0 Å². The maximum Gasteiger partial charge on any atom is 0.246 e. The minimum atomic E-state index is -3.98. The summed E-state index contributed by atoms with van der Waals surface area (Å²) in [4.78, 5) is -0.410. The molecule has 0 atom stereocenters. The van der Waals surface area contributed by atoms with Gasteiger partial charge in [-0.1, -0.05) is 17.7 Å². The SMILES string of the molecule is CN(Cc1ccc2c(c1)OCCO2)S(=O)(=O)c1ccc(Cl)cc1F. The zero-order valence-electron chi connectivity index (χ0n) is 12.8. The van der Waals surface area contributed by atoms with Crippen LogP contribution in [0.3, 0.4) is 0 Å². The van der Waals surface area contributed by atoms with Crippen molar-refractivity contribution in [2.75, 3.05) is 20.3 Å². The summed E-state index contributed by atoms with van der Waals surface area (Å²) in [6, 6.07) is 8.68. The van der Waals surface area contributed by atoms with Crippen LogP contribution in [0.1, 0.15) is 5.56 Å². The smallest absolute Gasteiger partial charge is 0.246 e. The van der Waals surface area contributed by atoms with E-state index in [1.807, 2.05) is 0 Å². The fourth-order valence-electron chi connectivity index (χ4n) is 2.38. The Labute approximate surface area is 144 Å². The van der Waals surface area contributed by atoms with Gasteiger partial charge in [0.15, 0.2) is 11.5 Å². The number of sulfonamides is 1. The summed E-state index contributed by atoms with van der Waals surface area (Å²) >= 11 is 5.67. The van der Waals surface area contributed by atoms with E-state index in [4.69, 9.17) is 21.1 Å². The lowest BCUT2D eigenvalue weighted by Crippen LogP contribution is -2.27. The van der Waals surface area contributed by atoms with E-state index in [2.05, 4.69) is 0 Å². The van der Waals surface area contributed by atoms with Crippen molar-refractivity contribution in [2.45, 2.75) is 11.4 Å². The zero-order valence-corrected chi connectivity index (χ0v) is 14.4. The van der Waals surface area contributed by atoms with Crippen LogP contribution in [0.4, 0.5) is 4.39 Å². The molecule has 24 heavy (non-hydrogen) atoms. The van der Waals surface area contributed by atoms with Crippen LogP contribution in [0.15, 0.2) is 41.3 Å². The molecule has 0 saturated carbocycles. The number of nitrogens with zero attached hydrogens (tertiary/aromatic N) is 1. The van der Waals surface area contributed by atoms with Crippen LogP contribution in [0.25, 0.3) is 0 Å². The average molecular weight is 372 g/mol. The molecule has 8 heteroatoms. The minimum Gasteiger partial charge on any atom is -0.486 e. The highest BCUT2D eigenvalue weighted by molar-refractivity contribution is 7.89. The predicted octanol–water partition coefficient (Wildman–Crippen LogP) is 3.07. The number of hydrogen-bond acceptors (Lipinski definition) is 4. The molecule has 1 aliphatic rings. The Morgan fingerprint density at radius 1 is 1.12 bits per heavy atom. The van der Waals surface area contributed by atoms with Gasteiger partial charge in [-0.05, 0) is 35.9 Å². The second-order valence-corrected chi connectivity index (χ2v) is 7.76. The molecule has 0 spiro atoms. The molecule has 0 aromatic heterocycles. The Hall–Kier alpha value is -1.83. The van der Waals surface area contributed by atoms with Gasteiger partial charge in [0.25, 0.3) is 0 Å². The molecule has 0 saturated heterocycles. The lowest BCUT2D eigenvalue weighted by atomic mass is 10.2. The van der Waals surface area contributed by atoms with Gasteiger partial charge >= 0.3 is 0 Å². The standard InChI is InChI=1S/C16H15ClFNO4S/c1-19(24(20,21)16-5-3-12(17)9-13(16)18)10-11-2-4-14-15(8-11)23-7-6-22-14/h2-5,8-9H,6-7,10H2,1H3. The summed E-state index contributed by atoms with van der Waals surface area (Å²) < 4.78 is 51.0. The summed E-state index contributed by atoms with van der Waals surface area (Å²) in [7, 11) is -2.59. The van der Waals surface area contributed by atoms with Crippen molar-refractivity contribution in [3.8, 4) is 11.5 Å². The van der Waals surface area contributed by atoms with Crippen molar-refractivity contribution in [3.05, 3.63) is 52.8 Å². The van der Waals surface area contributed by atoms with Gasteiger partial charge in [-0.15, -0.1) is 0 Å². The fourth-order valence-corrected chi connectivity index (χ4v) is 3.74. The zero-order chi connectivity index (χ0) is 17.3. The van der Waals surface area contributed by atoms with Gasteiger partial charge in [0.2, 0.25) is 10.0 Å². The molecule has 5 nitrogen and oxygen atoms in total. The molecular formula is C16H15ClFNO4S. The lowest BCUT2D eigenvalue weighted by molar-refractivity contribution is 0.171. The maximum absolute atomic E-state index is 13.9. The topological polar surface area (TPSA) is 55.8 Å². The number of ether oxygens (including phenoxy) is 2. The molecule has 3 rings (SSSR count). The Morgan fingerprint density at radius 2 is 1.83 bits per heavy atom. The van der Waals surface area contributed by atoms with Gasteiger partial charge in [-0.3, -0.25) is 0 Å². The predicted molar refractivity (Wildman–Crippen MR) is 87.5 cm³/mol. The van der Waals surface area contributed by atoms with Crippen molar-refractivity contribution in [3.63, 3.8) is 0 Å². The number of hydrogen-bond donors (Lipinski definition) is 0. The van der Waals surface area contributed by atoms with E-state index < -0.39 is 20.7 Å². The van der Waals surface area contributed by atoms with E-state index in [0.29, 0.717) is 30.3 Å². The number of rotatable bonds is 4. The van der Waals surface area contributed by atoms with E-state index in [0.717, 1.165) is 16.4 Å². The number of fused-ring (bicyclic) bond motifs is 1. The average Bonchev–Trinajstić information content (AvgIpc) is 2.54. The third kappa shape index (κ3) is 3.33. The molecular weight excluding hydrogens is 357 g/mol. The summed E-state index contributed by atoms with van der Waals surface area (Å²) in [6.07, 6.45) is 0. The molecule has 0 fully saturated rings. The van der Waals surface area contributed by atoms with Crippen LogP contribution in [0.5, 0.6) is 11.5 Å². The third-order valence-electron chi connectivity index (χ3n) is 3.59. The highest BCUT2D eigenvalue weighted by atomic mass is 35.5. The molecule has 1 aliphatic heterocycles. The largest absolute Gasteiger partial charge is 0.486 e. The Balaban J connectivity index is 1.84. The highest BCUT2D eigenvalue weighted by Gasteiger charge is 2.25. The van der Waals surface area contributed by atoms with Gasteiger partial charge in [0.1, 0.15) is 23.9 Å². The molecule has 0 bridgehead atoms. The van der Waals surface area contributed by atoms with Gasteiger partial charge in [-0.25, -0.2) is 12.8 Å². The first-order chi connectivity index (χ1) is 11.4. The molecule has 0 aliphatic carbocycles. The normalized spacial score (nSPS) is 14.0. The molecule has 0 N–H and O–H groups in total. The van der Waals surface area contributed by atoms with Crippen molar-refractivity contribution >= 4 is 21.6 Å². The Kier molecular flexibility index (Phi) is 4.67. The fraction of sp³-hybridized carbons (Fsp3) is 0.250. The summed E-state index contributed by atoms with van der Waals surface area (Å²) in [6.45, 7) is 0.998. The van der Waals surface area contributed by atoms with Crippen LogP contribution < -0.4 is 9.47 Å². The van der Waals surface area contributed by atoms with Gasteiger partial charge < -0.3 is 9.47 Å². The molecule has 0 unspecified atom stereocenters. The molecule has 0 radical (unpaired) electrons. The van der Waals surface area contributed by atoms with Crippen molar-refractivity contribution in [1.82, 2.24) is 4.31 Å². The van der Waals surface area contributed by atoms with Crippen LogP contribution in [0.2, 0.25) is 5.02 Å². The van der Waals surface area contributed by atoms with E-state index in [-0.39, 0.29) is 11.6 Å². The van der Waals surface area contributed by atoms with Gasteiger partial charge in [-0.2, -0.15) is 4.31 Å². The Morgan fingerprint density at radius 3 is 2.54 bits per heavy atom. The van der Waals surface area contributed by atoms with E-state index in [1.54, 1.807) is 18.2 Å². The van der Waals surface area contributed by atoms with Crippen LogP contribution in [-0.2, 0) is 16.6 Å². The van der Waals surface area contributed by atoms with Crippen LogP contribution in [-0.4, -0.2) is 33.0 Å². The monoisotopic (exact) mass is 371 g/mol.